The molecule has 5 N–H and O–H groups in total. The number of amides is 3. The van der Waals surface area contributed by atoms with E-state index in [0.717, 1.165) is 65.3 Å². The van der Waals surface area contributed by atoms with E-state index in [4.69, 9.17) is 14.9 Å². The maximum absolute atomic E-state index is 14.0. The standard InChI is InChI=1S/C40H46N4O6.3H2/c1-25-21-37(45)50-36-23-27(18-19-28(25)36)42-38(46)34(17-9-10-20-41)43-39(47)35(22-26-11-3-2-4-12-26)44-40(48)49-24-33-31-15-7-5-13-29(31)30-14-6-8-16-32(30)33;;;/h5-8,13-16,18-19,21,23,26,33-35H,2-4,9-12,17,20,22,24,41H2,1H3,(H,42,46)(H,43,47)(H,44,48);3*1H. The summed E-state index contributed by atoms with van der Waals surface area (Å²) in [6, 6.07) is 21.0. The molecule has 1 saturated carbocycles. The molecule has 2 aliphatic carbocycles. The third-order valence-corrected chi connectivity index (χ3v) is 10.0. The molecular formula is C40H52N4O6. The van der Waals surface area contributed by atoms with Crippen molar-refractivity contribution in [3.05, 3.63) is 99.9 Å². The third-order valence-electron chi connectivity index (χ3n) is 10.0. The predicted octanol–water partition coefficient (Wildman–Crippen LogP) is 7.27. The van der Waals surface area contributed by atoms with Crippen LogP contribution in [0.4, 0.5) is 10.5 Å². The van der Waals surface area contributed by atoms with Gasteiger partial charge in [-0.3, -0.25) is 9.59 Å². The molecule has 1 fully saturated rings. The summed E-state index contributed by atoms with van der Waals surface area (Å²) in [5.41, 5.74) is 11.3. The summed E-state index contributed by atoms with van der Waals surface area (Å²) < 4.78 is 11.2. The summed E-state index contributed by atoms with van der Waals surface area (Å²) in [4.78, 5) is 52.9. The lowest BCUT2D eigenvalue weighted by molar-refractivity contribution is -0.128. The van der Waals surface area contributed by atoms with Crippen molar-refractivity contribution in [1.82, 2.24) is 10.6 Å². The average molecular weight is 685 g/mol. The number of alkyl carbamates (subject to hydrolysis) is 1. The molecule has 268 valence electrons. The summed E-state index contributed by atoms with van der Waals surface area (Å²) in [7, 11) is 0. The minimum absolute atomic E-state index is 0. The number of nitrogens with two attached hydrogens (primary N) is 1. The first-order chi connectivity index (χ1) is 24.3. The second-order valence-electron chi connectivity index (χ2n) is 13.6. The first-order valence-electron chi connectivity index (χ1n) is 17.8. The van der Waals surface area contributed by atoms with Crippen molar-refractivity contribution >= 4 is 34.6 Å². The molecule has 2 aliphatic rings. The molecule has 0 radical (unpaired) electrons. The van der Waals surface area contributed by atoms with Crippen molar-refractivity contribution in [2.24, 2.45) is 11.7 Å². The van der Waals surface area contributed by atoms with E-state index in [1.165, 1.54) is 6.07 Å². The summed E-state index contributed by atoms with van der Waals surface area (Å²) >= 11 is 0. The highest BCUT2D eigenvalue weighted by atomic mass is 16.5. The topological polar surface area (TPSA) is 153 Å². The fourth-order valence-electron chi connectivity index (χ4n) is 7.44. The van der Waals surface area contributed by atoms with Gasteiger partial charge in [0.15, 0.2) is 0 Å². The number of anilines is 1. The Kier molecular flexibility index (Phi) is 11.3. The Labute approximate surface area is 296 Å². The smallest absolute Gasteiger partial charge is 0.407 e. The van der Waals surface area contributed by atoms with Gasteiger partial charge in [-0.05, 0) is 85.0 Å². The predicted molar refractivity (Wildman–Crippen MR) is 200 cm³/mol. The molecule has 2 unspecified atom stereocenters. The summed E-state index contributed by atoms with van der Waals surface area (Å²) in [5, 5.41) is 9.43. The second-order valence-corrected chi connectivity index (χ2v) is 13.6. The van der Waals surface area contributed by atoms with Gasteiger partial charge in [-0.15, -0.1) is 0 Å². The van der Waals surface area contributed by atoms with Crippen LogP contribution in [0.5, 0.6) is 0 Å². The Morgan fingerprint density at radius 3 is 2.28 bits per heavy atom. The number of ether oxygens (including phenoxy) is 1. The van der Waals surface area contributed by atoms with E-state index in [2.05, 4.69) is 40.2 Å². The van der Waals surface area contributed by atoms with Gasteiger partial charge in [0.05, 0.1) is 0 Å². The first-order valence-corrected chi connectivity index (χ1v) is 17.8. The molecule has 0 spiro atoms. The van der Waals surface area contributed by atoms with E-state index in [9.17, 15) is 19.2 Å². The van der Waals surface area contributed by atoms with E-state index in [1.807, 2.05) is 31.2 Å². The van der Waals surface area contributed by atoms with Crippen molar-refractivity contribution in [1.29, 1.82) is 0 Å². The third kappa shape index (κ3) is 8.25. The number of nitrogens with one attached hydrogen (secondary N) is 3. The molecule has 1 aromatic heterocycles. The number of aryl methyl sites for hydroxylation is 1. The normalized spacial score (nSPS) is 15.5. The van der Waals surface area contributed by atoms with E-state index < -0.39 is 35.6 Å². The Balaban J connectivity index is 0.00000252. The quantitative estimate of drug-likeness (QED) is 0.0854. The highest BCUT2D eigenvalue weighted by Gasteiger charge is 2.32. The molecule has 0 bridgehead atoms. The van der Waals surface area contributed by atoms with E-state index in [0.29, 0.717) is 43.5 Å². The number of hydrogen-bond acceptors (Lipinski definition) is 7. The van der Waals surface area contributed by atoms with E-state index >= 15 is 0 Å². The average Bonchev–Trinajstić information content (AvgIpc) is 3.43. The molecule has 0 saturated heterocycles. The maximum Gasteiger partial charge on any atom is 0.407 e. The largest absolute Gasteiger partial charge is 0.449 e. The van der Waals surface area contributed by atoms with Crippen molar-refractivity contribution in [3.63, 3.8) is 0 Å². The van der Waals surface area contributed by atoms with E-state index in [-0.39, 0.29) is 22.7 Å². The molecule has 6 rings (SSSR count). The molecule has 1 heterocycles. The minimum Gasteiger partial charge on any atom is -0.449 e. The summed E-state index contributed by atoms with van der Waals surface area (Å²) in [6.07, 6.45) is 6.74. The number of benzene rings is 3. The van der Waals surface area contributed by atoms with Crippen LogP contribution in [0.25, 0.3) is 22.1 Å². The van der Waals surface area contributed by atoms with Gasteiger partial charge >= 0.3 is 11.7 Å². The van der Waals surface area contributed by atoms with Crippen molar-refractivity contribution in [3.8, 4) is 11.1 Å². The second kappa shape index (κ2) is 16.2. The Hall–Kier alpha value is -4.96. The first kappa shape index (κ1) is 34.9. The molecule has 0 aliphatic heterocycles. The highest BCUT2D eigenvalue weighted by molar-refractivity contribution is 5.99. The van der Waals surface area contributed by atoms with Crippen LogP contribution in [0.2, 0.25) is 0 Å². The lowest BCUT2D eigenvalue weighted by Gasteiger charge is -2.28. The number of carbonyl (C=O) groups is 3. The van der Waals surface area contributed by atoms with Gasteiger partial charge in [-0.2, -0.15) is 0 Å². The number of unbranched alkanes of at least 4 members (excludes halogenated alkanes) is 1. The van der Waals surface area contributed by atoms with Crippen LogP contribution in [-0.2, 0) is 14.3 Å². The highest BCUT2D eigenvalue weighted by Crippen LogP contribution is 2.44. The van der Waals surface area contributed by atoms with Crippen molar-refractivity contribution in [2.45, 2.75) is 82.7 Å². The summed E-state index contributed by atoms with van der Waals surface area (Å²) in [5.74, 6) is -0.686. The Morgan fingerprint density at radius 2 is 1.58 bits per heavy atom. The van der Waals surface area contributed by atoms with Gasteiger partial charge < -0.3 is 30.8 Å². The molecule has 10 heteroatoms. The fourth-order valence-corrected chi connectivity index (χ4v) is 7.44. The van der Waals surface area contributed by atoms with Crippen molar-refractivity contribution < 1.29 is 27.8 Å². The molecule has 3 aromatic carbocycles. The SMILES string of the molecule is Cc1cc(=O)oc2cc(NC(=O)C(CCCCN)NC(=O)C(CC3CCCCC3)NC(=O)OCC3c4ccccc4-c4ccccc43)ccc12.[HH].[HH].[HH]. The Bertz CT molecular complexity index is 1870. The van der Waals surface area contributed by atoms with Crippen LogP contribution in [0.3, 0.4) is 0 Å². The molecule has 3 amide bonds. The fraction of sp³-hybridized carbons (Fsp3) is 0.400. The van der Waals surface area contributed by atoms with Crippen LogP contribution in [0.1, 0.15) is 84.7 Å². The van der Waals surface area contributed by atoms with E-state index in [1.54, 1.807) is 18.2 Å². The molecular weight excluding hydrogens is 632 g/mol. The monoisotopic (exact) mass is 684 g/mol. The zero-order chi connectivity index (χ0) is 35.0. The zero-order valence-corrected chi connectivity index (χ0v) is 28.5. The number of carbonyl (C=O) groups excluding carboxylic acids is 3. The van der Waals surface area contributed by atoms with Crippen molar-refractivity contribution in [2.75, 3.05) is 18.5 Å². The number of fused-ring (bicyclic) bond motifs is 4. The van der Waals surface area contributed by atoms with Crippen LogP contribution in [-0.4, -0.2) is 43.1 Å². The van der Waals surface area contributed by atoms with Gasteiger partial charge in [0.1, 0.15) is 24.3 Å². The van der Waals surface area contributed by atoms with Gasteiger partial charge in [0.25, 0.3) is 0 Å². The summed E-state index contributed by atoms with van der Waals surface area (Å²) in [6.45, 7) is 2.41. The van der Waals surface area contributed by atoms with Gasteiger partial charge in [0.2, 0.25) is 11.8 Å². The Morgan fingerprint density at radius 1 is 0.880 bits per heavy atom. The minimum atomic E-state index is -0.882. The molecule has 2 atom stereocenters. The number of rotatable bonds is 13. The van der Waals surface area contributed by atoms with Gasteiger partial charge in [-0.1, -0.05) is 80.6 Å². The van der Waals surface area contributed by atoms with Gasteiger partial charge in [-0.25, -0.2) is 9.59 Å². The molecule has 10 nitrogen and oxygen atoms in total. The van der Waals surface area contributed by atoms with Crippen LogP contribution in [0.15, 0.2) is 82.0 Å². The number of hydrogen-bond donors (Lipinski definition) is 4. The zero-order valence-electron chi connectivity index (χ0n) is 28.5. The molecule has 50 heavy (non-hydrogen) atoms. The van der Waals surface area contributed by atoms with Gasteiger partial charge in [0, 0.05) is 33.4 Å². The molecule has 4 aromatic rings. The van der Waals surface area contributed by atoms with Crippen LogP contribution >= 0.6 is 0 Å². The van der Waals surface area contributed by atoms with Crippen LogP contribution in [0, 0.1) is 12.8 Å². The lowest BCUT2D eigenvalue weighted by Crippen LogP contribution is -2.53. The van der Waals surface area contributed by atoms with Crippen LogP contribution < -0.4 is 27.3 Å². The lowest BCUT2D eigenvalue weighted by atomic mass is 9.84. The maximum atomic E-state index is 14.0.